The largest absolute Gasteiger partial charge is 0.467 e. The van der Waals surface area contributed by atoms with E-state index in [0.717, 1.165) is 31.6 Å². The lowest BCUT2D eigenvalue weighted by atomic mass is 10.1. The zero-order valence-electron chi connectivity index (χ0n) is 17.4. The van der Waals surface area contributed by atoms with E-state index < -0.39 is 15.9 Å². The van der Waals surface area contributed by atoms with E-state index in [4.69, 9.17) is 20.9 Å². The summed E-state index contributed by atoms with van der Waals surface area (Å²) in [6.07, 6.45) is 2.12. The number of piperazine rings is 1. The van der Waals surface area contributed by atoms with Gasteiger partial charge >= 0.3 is 0 Å². The molecule has 174 valence electrons. The molecular formula is C21H25ClFN3O5S. The number of benzene rings is 1. The molecule has 2 heterocycles. The number of carbonyl (C=O) groups excluding carboxylic acids is 1. The van der Waals surface area contributed by atoms with Gasteiger partial charge in [0.15, 0.2) is 6.61 Å². The molecule has 1 aromatic heterocycles. The van der Waals surface area contributed by atoms with Gasteiger partial charge < -0.3 is 9.64 Å². The average Bonchev–Trinajstić information content (AvgIpc) is 2.76. The molecule has 1 aliphatic heterocycles. The summed E-state index contributed by atoms with van der Waals surface area (Å²) in [5.41, 5.74) is 1.46. The van der Waals surface area contributed by atoms with Gasteiger partial charge in [0.1, 0.15) is 5.82 Å². The Labute approximate surface area is 191 Å². The van der Waals surface area contributed by atoms with Crippen molar-refractivity contribution in [2.45, 2.75) is 12.8 Å². The Kier molecular flexibility index (Phi) is 8.41. The zero-order chi connectivity index (χ0) is 23.1. The highest BCUT2D eigenvalue weighted by molar-refractivity contribution is 7.85. The Balaban J connectivity index is 1.45. The Morgan fingerprint density at radius 1 is 1.16 bits per heavy atom. The van der Waals surface area contributed by atoms with E-state index in [1.807, 2.05) is 0 Å². The third-order valence-corrected chi connectivity index (χ3v) is 6.14. The molecule has 1 aromatic carbocycles. The fourth-order valence-electron chi connectivity index (χ4n) is 3.40. The number of amides is 1. The number of aryl methyl sites for hydroxylation is 1. The molecule has 2 aromatic rings. The summed E-state index contributed by atoms with van der Waals surface area (Å²) in [6.45, 7) is 3.18. The molecule has 0 atom stereocenters. The highest BCUT2D eigenvalue weighted by Gasteiger charge is 2.22. The van der Waals surface area contributed by atoms with Crippen molar-refractivity contribution in [1.29, 1.82) is 0 Å². The van der Waals surface area contributed by atoms with Crippen LogP contribution < -0.4 is 4.74 Å². The molecule has 8 nitrogen and oxygen atoms in total. The van der Waals surface area contributed by atoms with Crippen LogP contribution in [0.5, 0.6) is 5.88 Å². The van der Waals surface area contributed by atoms with Crippen molar-refractivity contribution in [2.75, 3.05) is 45.1 Å². The quantitative estimate of drug-likeness (QED) is 0.543. The number of aromatic nitrogens is 1. The van der Waals surface area contributed by atoms with E-state index in [1.54, 1.807) is 17.0 Å². The highest BCUT2D eigenvalue weighted by Crippen LogP contribution is 2.21. The first kappa shape index (κ1) is 24.4. The average molecular weight is 486 g/mol. The van der Waals surface area contributed by atoms with Crippen molar-refractivity contribution in [2.24, 2.45) is 0 Å². The molecule has 3 rings (SSSR count). The van der Waals surface area contributed by atoms with E-state index in [1.165, 1.54) is 24.4 Å². The number of nitrogens with zero attached hydrogens (tertiary/aromatic N) is 3. The lowest BCUT2D eigenvalue weighted by Gasteiger charge is -2.34. The molecule has 1 saturated heterocycles. The van der Waals surface area contributed by atoms with Gasteiger partial charge in [0.05, 0.1) is 10.8 Å². The van der Waals surface area contributed by atoms with Crippen molar-refractivity contribution >= 4 is 27.6 Å². The molecule has 0 saturated carbocycles. The van der Waals surface area contributed by atoms with E-state index >= 15 is 0 Å². The van der Waals surface area contributed by atoms with Crippen LogP contribution in [0.4, 0.5) is 4.39 Å². The fourth-order valence-corrected chi connectivity index (χ4v) is 4.06. The summed E-state index contributed by atoms with van der Waals surface area (Å²) < 4.78 is 49.5. The SMILES string of the molecule is O=C(COc1ncc(Cl)cc1CCS(=O)(=O)O)N1CCN(CCc2ccc(F)cc2)CC1. The number of rotatable bonds is 9. The lowest BCUT2D eigenvalue weighted by molar-refractivity contribution is -0.135. The summed E-state index contributed by atoms with van der Waals surface area (Å²) in [7, 11) is -4.15. The number of ether oxygens (including phenoxy) is 1. The van der Waals surface area contributed by atoms with Crippen molar-refractivity contribution in [3.63, 3.8) is 0 Å². The molecule has 32 heavy (non-hydrogen) atoms. The molecule has 1 N–H and O–H groups in total. The van der Waals surface area contributed by atoms with Crippen LogP contribution in [0.3, 0.4) is 0 Å². The van der Waals surface area contributed by atoms with Crippen molar-refractivity contribution < 1.29 is 26.9 Å². The summed E-state index contributed by atoms with van der Waals surface area (Å²) >= 11 is 5.91. The fraction of sp³-hybridized carbons (Fsp3) is 0.429. The molecule has 1 aliphatic rings. The molecule has 1 fully saturated rings. The molecule has 0 bridgehead atoms. The van der Waals surface area contributed by atoms with E-state index in [-0.39, 0.29) is 30.6 Å². The van der Waals surface area contributed by atoms with Crippen LogP contribution in [0.15, 0.2) is 36.5 Å². The topological polar surface area (TPSA) is 100 Å². The van der Waals surface area contributed by atoms with E-state index in [2.05, 4.69) is 9.88 Å². The van der Waals surface area contributed by atoms with Crippen LogP contribution in [0.25, 0.3) is 0 Å². The number of hydrogen-bond donors (Lipinski definition) is 1. The second kappa shape index (κ2) is 11.0. The Hall–Kier alpha value is -2.27. The van der Waals surface area contributed by atoms with Gasteiger partial charge in [-0.2, -0.15) is 8.42 Å². The molecule has 1 amide bonds. The molecule has 11 heteroatoms. The molecule has 0 radical (unpaired) electrons. The first-order valence-electron chi connectivity index (χ1n) is 10.2. The molecule has 0 unspecified atom stereocenters. The van der Waals surface area contributed by atoms with Gasteiger partial charge in [-0.1, -0.05) is 23.7 Å². The third kappa shape index (κ3) is 7.70. The van der Waals surface area contributed by atoms with Crippen LogP contribution in [0, 0.1) is 5.82 Å². The monoisotopic (exact) mass is 485 g/mol. The highest BCUT2D eigenvalue weighted by atomic mass is 35.5. The van der Waals surface area contributed by atoms with Gasteiger partial charge in [0.2, 0.25) is 5.88 Å². The number of halogens is 2. The van der Waals surface area contributed by atoms with Crippen molar-refractivity contribution in [3.8, 4) is 5.88 Å². The maximum atomic E-state index is 13.0. The first-order valence-corrected chi connectivity index (χ1v) is 12.2. The van der Waals surface area contributed by atoms with Crippen molar-refractivity contribution in [3.05, 3.63) is 58.5 Å². The smallest absolute Gasteiger partial charge is 0.265 e. The van der Waals surface area contributed by atoms with Gasteiger partial charge in [0, 0.05) is 44.5 Å². The normalized spacial score (nSPS) is 15.0. The zero-order valence-corrected chi connectivity index (χ0v) is 19.0. The van der Waals surface area contributed by atoms with Crippen LogP contribution in [0.1, 0.15) is 11.1 Å². The van der Waals surface area contributed by atoms with Crippen LogP contribution in [-0.2, 0) is 27.8 Å². The number of carbonyl (C=O) groups is 1. The Morgan fingerprint density at radius 3 is 2.50 bits per heavy atom. The predicted molar refractivity (Wildman–Crippen MR) is 118 cm³/mol. The summed E-state index contributed by atoms with van der Waals surface area (Å²) in [6, 6.07) is 7.97. The Morgan fingerprint density at radius 2 is 1.84 bits per heavy atom. The van der Waals surface area contributed by atoms with Crippen molar-refractivity contribution in [1.82, 2.24) is 14.8 Å². The van der Waals surface area contributed by atoms with Crippen LogP contribution in [-0.4, -0.2) is 78.7 Å². The maximum Gasteiger partial charge on any atom is 0.265 e. The van der Waals surface area contributed by atoms with Crippen LogP contribution >= 0.6 is 11.6 Å². The second-order valence-electron chi connectivity index (χ2n) is 7.54. The summed E-state index contributed by atoms with van der Waals surface area (Å²) in [4.78, 5) is 20.5. The molecule has 0 aliphatic carbocycles. The van der Waals surface area contributed by atoms with Gasteiger partial charge in [-0.15, -0.1) is 0 Å². The van der Waals surface area contributed by atoms with Gasteiger partial charge in [0.25, 0.3) is 16.0 Å². The van der Waals surface area contributed by atoms with Gasteiger partial charge in [-0.25, -0.2) is 9.37 Å². The third-order valence-electron chi connectivity index (χ3n) is 5.21. The standard InChI is InChI=1S/C21H25ClFN3O5S/c22-18-13-17(6-12-32(28,29)30)21(24-14-18)31-15-20(27)26-10-8-25(9-11-26)7-5-16-1-3-19(23)4-2-16/h1-4,13-14H,5-12,15H2,(H,28,29,30). The molecular weight excluding hydrogens is 461 g/mol. The number of pyridine rings is 1. The second-order valence-corrected chi connectivity index (χ2v) is 9.55. The minimum absolute atomic E-state index is 0.0390. The first-order chi connectivity index (χ1) is 15.2. The maximum absolute atomic E-state index is 13.0. The minimum Gasteiger partial charge on any atom is -0.467 e. The summed E-state index contributed by atoms with van der Waals surface area (Å²) in [5, 5.41) is 0.297. The summed E-state index contributed by atoms with van der Waals surface area (Å²) in [5.74, 6) is -0.827. The lowest BCUT2D eigenvalue weighted by Crippen LogP contribution is -2.50. The van der Waals surface area contributed by atoms with Gasteiger partial charge in [-0.3, -0.25) is 14.2 Å². The van der Waals surface area contributed by atoms with Gasteiger partial charge in [-0.05, 0) is 36.6 Å². The van der Waals surface area contributed by atoms with Crippen LogP contribution in [0.2, 0.25) is 5.02 Å². The van der Waals surface area contributed by atoms with E-state index in [9.17, 15) is 17.6 Å². The minimum atomic E-state index is -4.15. The predicted octanol–water partition coefficient (Wildman–Crippen LogP) is 2.07. The van der Waals surface area contributed by atoms with E-state index in [0.29, 0.717) is 23.7 Å². The molecule has 0 spiro atoms. The Bertz CT molecular complexity index is 1030. The number of hydrogen-bond acceptors (Lipinski definition) is 6.